The van der Waals surface area contributed by atoms with Crippen LogP contribution in [0.2, 0.25) is 5.02 Å². The highest BCUT2D eigenvalue weighted by molar-refractivity contribution is 6.35. The van der Waals surface area contributed by atoms with Crippen LogP contribution in [0.4, 0.5) is 15.9 Å². The van der Waals surface area contributed by atoms with Crippen molar-refractivity contribution in [2.45, 2.75) is 13.5 Å². The van der Waals surface area contributed by atoms with E-state index in [0.717, 1.165) is 22.8 Å². The summed E-state index contributed by atoms with van der Waals surface area (Å²) in [6.07, 6.45) is 1.79. The molecule has 2 aliphatic rings. The van der Waals surface area contributed by atoms with E-state index in [1.807, 2.05) is 16.5 Å². The number of rotatable bonds is 1. The van der Waals surface area contributed by atoms with Crippen molar-refractivity contribution in [1.82, 2.24) is 20.0 Å². The minimum atomic E-state index is -0.398. The molecule has 24 heavy (non-hydrogen) atoms. The Morgan fingerprint density at radius 3 is 3.00 bits per heavy atom. The van der Waals surface area contributed by atoms with Gasteiger partial charge in [-0.1, -0.05) is 17.7 Å². The lowest BCUT2D eigenvalue weighted by atomic mass is 10.1. The molecule has 120 valence electrons. The van der Waals surface area contributed by atoms with Crippen LogP contribution in [0.25, 0.3) is 11.3 Å². The summed E-state index contributed by atoms with van der Waals surface area (Å²) in [5, 5.41) is 12.0. The van der Waals surface area contributed by atoms with Gasteiger partial charge in [0, 0.05) is 6.54 Å². The molecule has 0 atom stereocenters. The number of H-pyrrole nitrogens is 1. The first kappa shape index (κ1) is 13.7. The summed E-state index contributed by atoms with van der Waals surface area (Å²) >= 11 is 6.30. The standard InChI is InChI=1S/C16H12ClFN6/c1-8-13-14(22-21-8)9-7-19-24-6-5-23(16(9)24)15(20-13)12-10(17)3-2-4-11(12)18/h2-4,7H,5-6H2,1H3,(H,21,22). The van der Waals surface area contributed by atoms with Crippen LogP contribution in [0.3, 0.4) is 0 Å². The Morgan fingerprint density at radius 1 is 1.29 bits per heavy atom. The van der Waals surface area contributed by atoms with Crippen molar-refractivity contribution in [2.24, 2.45) is 4.99 Å². The number of benzene rings is 1. The summed E-state index contributed by atoms with van der Waals surface area (Å²) in [5.74, 6) is 0.975. The predicted octanol–water partition coefficient (Wildman–Crippen LogP) is 3.29. The molecular formula is C16H12ClFN6. The first-order valence-electron chi connectivity index (χ1n) is 7.57. The third-order valence-electron chi connectivity index (χ3n) is 4.45. The molecule has 2 aliphatic heterocycles. The number of aliphatic imine (C=N–C) groups is 1. The molecule has 1 N–H and O–H groups in total. The maximum atomic E-state index is 14.6. The molecule has 8 heteroatoms. The lowest BCUT2D eigenvalue weighted by Crippen LogP contribution is -2.30. The zero-order valence-electron chi connectivity index (χ0n) is 12.7. The Kier molecular flexibility index (Phi) is 2.67. The van der Waals surface area contributed by atoms with Gasteiger partial charge in [0.05, 0.1) is 40.3 Å². The van der Waals surface area contributed by atoms with Gasteiger partial charge in [0.1, 0.15) is 23.2 Å². The molecule has 0 bridgehead atoms. The summed E-state index contributed by atoms with van der Waals surface area (Å²) in [7, 11) is 0. The number of fused-ring (bicyclic) bond motifs is 2. The SMILES string of the molecule is Cc1n[nH]c2c1N=C(c1c(F)cccc1Cl)N1CCn3ncc-2c31. The van der Waals surface area contributed by atoms with Crippen LogP contribution >= 0.6 is 11.6 Å². The van der Waals surface area contributed by atoms with Crippen LogP contribution in [0.5, 0.6) is 0 Å². The van der Waals surface area contributed by atoms with E-state index in [9.17, 15) is 4.39 Å². The fraction of sp³-hybridized carbons (Fsp3) is 0.188. The number of anilines is 1. The molecule has 0 saturated carbocycles. The number of aromatic amines is 1. The third-order valence-corrected chi connectivity index (χ3v) is 4.76. The Balaban J connectivity index is 1.86. The van der Waals surface area contributed by atoms with E-state index in [2.05, 4.69) is 15.3 Å². The van der Waals surface area contributed by atoms with Gasteiger partial charge in [-0.25, -0.2) is 14.1 Å². The van der Waals surface area contributed by atoms with Gasteiger partial charge in [-0.3, -0.25) is 5.10 Å². The normalized spacial score (nSPS) is 15.1. The van der Waals surface area contributed by atoms with Gasteiger partial charge >= 0.3 is 0 Å². The third kappa shape index (κ3) is 1.67. The zero-order chi connectivity index (χ0) is 16.4. The minimum absolute atomic E-state index is 0.299. The van der Waals surface area contributed by atoms with E-state index in [0.29, 0.717) is 35.2 Å². The molecular weight excluding hydrogens is 331 g/mol. The molecule has 0 saturated heterocycles. The summed E-state index contributed by atoms with van der Waals surface area (Å²) in [6.45, 7) is 3.24. The lowest BCUT2D eigenvalue weighted by Gasteiger charge is -2.20. The van der Waals surface area contributed by atoms with Crippen molar-refractivity contribution in [3.63, 3.8) is 0 Å². The van der Waals surface area contributed by atoms with Crippen molar-refractivity contribution in [3.8, 4) is 11.3 Å². The maximum Gasteiger partial charge on any atom is 0.146 e. The Labute approximate surface area is 141 Å². The molecule has 1 aromatic carbocycles. The van der Waals surface area contributed by atoms with Crippen molar-refractivity contribution < 1.29 is 4.39 Å². The quantitative estimate of drug-likeness (QED) is 0.738. The number of halogens is 2. The number of hydrogen-bond donors (Lipinski definition) is 1. The maximum absolute atomic E-state index is 14.6. The number of aromatic nitrogens is 4. The minimum Gasteiger partial charge on any atom is -0.308 e. The molecule has 2 aromatic heterocycles. The van der Waals surface area contributed by atoms with E-state index >= 15 is 0 Å². The highest BCUT2D eigenvalue weighted by Crippen LogP contribution is 2.43. The second-order valence-corrected chi connectivity index (χ2v) is 6.23. The van der Waals surface area contributed by atoms with Gasteiger partial charge < -0.3 is 4.90 Å². The van der Waals surface area contributed by atoms with Crippen LogP contribution in [-0.4, -0.2) is 32.4 Å². The van der Waals surface area contributed by atoms with E-state index in [4.69, 9.17) is 16.6 Å². The monoisotopic (exact) mass is 342 g/mol. The molecule has 6 nitrogen and oxygen atoms in total. The van der Waals surface area contributed by atoms with E-state index in [-0.39, 0.29) is 0 Å². The van der Waals surface area contributed by atoms with Gasteiger partial charge in [-0.15, -0.1) is 0 Å². The first-order valence-corrected chi connectivity index (χ1v) is 7.94. The predicted molar refractivity (Wildman–Crippen MR) is 89.5 cm³/mol. The molecule has 5 rings (SSSR count). The summed E-state index contributed by atoms with van der Waals surface area (Å²) in [4.78, 5) is 6.72. The molecule has 0 radical (unpaired) electrons. The zero-order valence-corrected chi connectivity index (χ0v) is 13.5. The van der Waals surface area contributed by atoms with Crippen molar-refractivity contribution in [3.05, 3.63) is 46.5 Å². The van der Waals surface area contributed by atoms with Gasteiger partial charge in [0.2, 0.25) is 0 Å². The smallest absolute Gasteiger partial charge is 0.146 e. The number of hydrogen-bond acceptors (Lipinski definition) is 4. The van der Waals surface area contributed by atoms with Gasteiger partial charge in [-0.2, -0.15) is 10.2 Å². The van der Waals surface area contributed by atoms with E-state index in [1.54, 1.807) is 18.3 Å². The van der Waals surface area contributed by atoms with Crippen molar-refractivity contribution in [1.29, 1.82) is 0 Å². The Morgan fingerprint density at radius 2 is 2.17 bits per heavy atom. The lowest BCUT2D eigenvalue weighted by molar-refractivity contribution is 0.624. The van der Waals surface area contributed by atoms with Crippen LogP contribution in [-0.2, 0) is 6.54 Å². The van der Waals surface area contributed by atoms with Crippen molar-refractivity contribution >= 4 is 28.9 Å². The van der Waals surface area contributed by atoms with Crippen LogP contribution in [0, 0.1) is 12.7 Å². The average molecular weight is 343 g/mol. The summed E-state index contributed by atoms with van der Waals surface area (Å²) in [6, 6.07) is 4.66. The van der Waals surface area contributed by atoms with Crippen molar-refractivity contribution in [2.75, 3.05) is 11.4 Å². The van der Waals surface area contributed by atoms with Crippen LogP contribution < -0.4 is 4.90 Å². The number of nitrogens with one attached hydrogen (secondary N) is 1. The van der Waals surface area contributed by atoms with Crippen LogP contribution in [0.15, 0.2) is 29.4 Å². The second-order valence-electron chi connectivity index (χ2n) is 5.82. The summed E-state index contributed by atoms with van der Waals surface area (Å²) < 4.78 is 16.5. The molecule has 0 spiro atoms. The van der Waals surface area contributed by atoms with Crippen LogP contribution in [0.1, 0.15) is 11.3 Å². The topological polar surface area (TPSA) is 62.1 Å². The highest BCUT2D eigenvalue weighted by Gasteiger charge is 2.35. The van der Waals surface area contributed by atoms with Gasteiger partial charge in [-0.05, 0) is 19.1 Å². The van der Waals surface area contributed by atoms with Gasteiger partial charge in [0.25, 0.3) is 0 Å². The first-order chi connectivity index (χ1) is 11.6. The van der Waals surface area contributed by atoms with E-state index in [1.165, 1.54) is 6.07 Å². The molecule has 4 heterocycles. The molecule has 3 aromatic rings. The highest BCUT2D eigenvalue weighted by atomic mass is 35.5. The molecule has 0 aliphatic carbocycles. The Hall–Kier alpha value is -2.67. The second kappa shape index (κ2) is 4.67. The molecule has 0 unspecified atom stereocenters. The van der Waals surface area contributed by atoms with Gasteiger partial charge in [0.15, 0.2) is 0 Å². The van der Waals surface area contributed by atoms with E-state index < -0.39 is 5.82 Å². The number of nitrogens with zero attached hydrogens (tertiary/aromatic N) is 5. The number of amidine groups is 1. The largest absolute Gasteiger partial charge is 0.308 e. The fourth-order valence-electron chi connectivity index (χ4n) is 3.33. The fourth-order valence-corrected chi connectivity index (χ4v) is 3.58. The molecule has 0 amide bonds. The molecule has 0 fully saturated rings. The average Bonchev–Trinajstić information content (AvgIpc) is 3.20. The number of aryl methyl sites for hydroxylation is 1. The Bertz CT molecular complexity index is 997. The summed E-state index contributed by atoms with van der Waals surface area (Å²) in [5.41, 5.74) is 3.44.